The predicted octanol–water partition coefficient (Wildman–Crippen LogP) is 4.05. The number of hydrogen-bond donors (Lipinski definition) is 0. The van der Waals surface area contributed by atoms with Gasteiger partial charge < -0.3 is 9.64 Å². The minimum Gasteiger partial charge on any atom is -0.443 e. The number of carbonyl (C=O) groups excluding carboxylic acids is 1. The van der Waals surface area contributed by atoms with Crippen LogP contribution in [0.5, 0.6) is 0 Å². The first-order valence-electron chi connectivity index (χ1n) is 10.5. The Bertz CT molecular complexity index is 835. The molecule has 0 saturated carbocycles. The first-order valence-corrected chi connectivity index (χ1v) is 10.5. The van der Waals surface area contributed by atoms with Gasteiger partial charge in [-0.1, -0.05) is 12.1 Å². The van der Waals surface area contributed by atoms with Crippen molar-refractivity contribution in [2.45, 2.75) is 46.3 Å². The minimum absolute atomic E-state index is 0.378. The fourth-order valence-corrected chi connectivity index (χ4v) is 3.39. The molecule has 0 aliphatic carbocycles. The highest BCUT2D eigenvalue weighted by atomic mass is 16.6. The van der Waals surface area contributed by atoms with Crippen LogP contribution >= 0.6 is 0 Å². The third-order valence-electron chi connectivity index (χ3n) is 5.22. The Morgan fingerprint density at radius 3 is 2.17 bits per heavy atom. The Balaban J connectivity index is 1.64. The van der Waals surface area contributed by atoms with Crippen LogP contribution in [0.25, 0.3) is 11.3 Å². The third-order valence-corrected chi connectivity index (χ3v) is 5.22. The lowest BCUT2D eigenvalue weighted by Crippen LogP contribution is -2.49. The largest absolute Gasteiger partial charge is 0.443 e. The van der Waals surface area contributed by atoms with Crippen LogP contribution in [0, 0.1) is 0 Å². The molecule has 0 spiro atoms. The molecule has 1 aliphatic heterocycles. The molecule has 1 fully saturated rings. The van der Waals surface area contributed by atoms with E-state index in [0.717, 1.165) is 48.9 Å². The molecule has 7 nitrogen and oxygen atoms in total. The summed E-state index contributed by atoms with van der Waals surface area (Å²) in [5, 5.41) is 0. The Morgan fingerprint density at radius 2 is 1.67 bits per heavy atom. The number of carbonyl (C=O) groups is 1. The summed E-state index contributed by atoms with van der Waals surface area (Å²) in [6.07, 6.45) is 3.29. The third kappa shape index (κ3) is 5.48. The van der Waals surface area contributed by atoms with E-state index in [2.05, 4.69) is 33.6 Å². The highest BCUT2D eigenvalue weighted by molar-refractivity contribution is 5.87. The molecule has 1 aromatic heterocycles. The van der Waals surface area contributed by atoms with Crippen molar-refractivity contribution in [3.8, 4) is 11.3 Å². The van der Waals surface area contributed by atoms with Gasteiger partial charge in [-0.05, 0) is 46.8 Å². The molecular weight excluding hydrogens is 378 g/mol. The average Bonchev–Trinajstić information content (AvgIpc) is 2.72. The summed E-state index contributed by atoms with van der Waals surface area (Å²) < 4.78 is 5.42. The molecule has 30 heavy (non-hydrogen) atoms. The van der Waals surface area contributed by atoms with Crippen LogP contribution in [0.1, 0.15) is 34.6 Å². The molecule has 2 aromatic rings. The van der Waals surface area contributed by atoms with E-state index in [0.29, 0.717) is 6.04 Å². The highest BCUT2D eigenvalue weighted by Crippen LogP contribution is 2.23. The lowest BCUT2D eigenvalue weighted by atomic mass is 10.1. The molecule has 0 unspecified atom stereocenters. The first-order chi connectivity index (χ1) is 14.1. The lowest BCUT2D eigenvalue weighted by molar-refractivity contribution is 0.0589. The first kappa shape index (κ1) is 22.0. The smallest absolute Gasteiger partial charge is 0.414 e. The number of piperazine rings is 1. The molecule has 0 radical (unpaired) electrons. The molecular formula is C23H33N5O2. The van der Waals surface area contributed by atoms with Crippen LogP contribution in [0.15, 0.2) is 36.7 Å². The van der Waals surface area contributed by atoms with E-state index in [9.17, 15) is 4.79 Å². The molecule has 162 valence electrons. The SMILES string of the molecule is CC(C)N1CCN(c2cnc(-c3ccc(N(C)C(=O)OC(C)(C)C)cc3)cn2)CC1. The zero-order valence-electron chi connectivity index (χ0n) is 18.9. The number of amides is 1. The Kier molecular flexibility index (Phi) is 6.61. The van der Waals surface area contributed by atoms with Gasteiger partial charge in [-0.15, -0.1) is 0 Å². The number of benzene rings is 1. The van der Waals surface area contributed by atoms with Gasteiger partial charge in [0.05, 0.1) is 18.1 Å². The average molecular weight is 412 g/mol. The Labute approximate surface area is 179 Å². The summed E-state index contributed by atoms with van der Waals surface area (Å²) in [4.78, 5) is 27.7. The van der Waals surface area contributed by atoms with Gasteiger partial charge in [0.25, 0.3) is 0 Å². The van der Waals surface area contributed by atoms with Gasteiger partial charge in [0, 0.05) is 50.5 Å². The van der Waals surface area contributed by atoms with Gasteiger partial charge in [-0.25, -0.2) is 9.78 Å². The normalized spacial score (nSPS) is 15.4. The van der Waals surface area contributed by atoms with E-state index in [1.54, 1.807) is 7.05 Å². The van der Waals surface area contributed by atoms with Crippen molar-refractivity contribution in [2.75, 3.05) is 43.0 Å². The van der Waals surface area contributed by atoms with Gasteiger partial charge in [0.15, 0.2) is 0 Å². The van der Waals surface area contributed by atoms with Crippen LogP contribution in [0.3, 0.4) is 0 Å². The quantitative estimate of drug-likeness (QED) is 0.757. The molecule has 1 aliphatic rings. The molecule has 0 N–H and O–H groups in total. The molecule has 1 saturated heterocycles. The van der Waals surface area contributed by atoms with Gasteiger partial charge in [-0.2, -0.15) is 0 Å². The zero-order chi connectivity index (χ0) is 21.9. The summed E-state index contributed by atoms with van der Waals surface area (Å²) in [6.45, 7) is 14.1. The molecule has 7 heteroatoms. The van der Waals surface area contributed by atoms with E-state index in [-0.39, 0.29) is 6.09 Å². The van der Waals surface area contributed by atoms with Crippen molar-refractivity contribution in [1.82, 2.24) is 14.9 Å². The molecule has 2 heterocycles. The van der Waals surface area contributed by atoms with Crippen LogP contribution < -0.4 is 9.80 Å². The lowest BCUT2D eigenvalue weighted by Gasteiger charge is -2.37. The maximum absolute atomic E-state index is 12.2. The van der Waals surface area contributed by atoms with Gasteiger partial charge in [0.2, 0.25) is 0 Å². The fourth-order valence-electron chi connectivity index (χ4n) is 3.39. The number of ether oxygens (including phenoxy) is 1. The summed E-state index contributed by atoms with van der Waals surface area (Å²) >= 11 is 0. The van der Waals surface area contributed by atoms with Crippen LogP contribution in [-0.4, -0.2) is 65.8 Å². The van der Waals surface area contributed by atoms with Gasteiger partial charge >= 0.3 is 6.09 Å². The molecule has 0 atom stereocenters. The van der Waals surface area contributed by atoms with Crippen molar-refractivity contribution in [3.05, 3.63) is 36.7 Å². The van der Waals surface area contributed by atoms with E-state index in [1.807, 2.05) is 57.4 Å². The second-order valence-electron chi connectivity index (χ2n) is 8.96. The van der Waals surface area contributed by atoms with Crippen molar-refractivity contribution >= 4 is 17.6 Å². The summed E-state index contributed by atoms with van der Waals surface area (Å²) in [6, 6.07) is 8.25. The van der Waals surface area contributed by atoms with E-state index in [4.69, 9.17) is 4.74 Å². The minimum atomic E-state index is -0.524. The summed E-state index contributed by atoms with van der Waals surface area (Å²) in [7, 11) is 1.71. The standard InChI is InChI=1S/C23H33N5O2/c1-17(2)27-11-13-28(14-12-27)21-16-24-20(15-25-21)18-7-9-19(10-8-18)26(6)22(29)30-23(3,4)5/h7-10,15-17H,11-14H2,1-6H3. The van der Waals surface area contributed by atoms with Crippen LogP contribution in [0.2, 0.25) is 0 Å². The zero-order valence-corrected chi connectivity index (χ0v) is 18.9. The Hall–Kier alpha value is -2.67. The molecule has 1 aromatic carbocycles. The molecule has 0 bridgehead atoms. The maximum atomic E-state index is 12.2. The summed E-state index contributed by atoms with van der Waals surface area (Å²) in [5.41, 5.74) is 2.01. The van der Waals surface area contributed by atoms with Crippen molar-refractivity contribution < 1.29 is 9.53 Å². The number of hydrogen-bond acceptors (Lipinski definition) is 6. The number of anilines is 2. The van der Waals surface area contributed by atoms with Crippen molar-refractivity contribution in [1.29, 1.82) is 0 Å². The molecule has 3 rings (SSSR count). The number of rotatable bonds is 4. The van der Waals surface area contributed by atoms with Crippen LogP contribution in [0.4, 0.5) is 16.3 Å². The van der Waals surface area contributed by atoms with Gasteiger partial charge in [-0.3, -0.25) is 14.8 Å². The van der Waals surface area contributed by atoms with E-state index < -0.39 is 5.60 Å². The van der Waals surface area contributed by atoms with Crippen molar-refractivity contribution in [2.24, 2.45) is 0 Å². The Morgan fingerprint density at radius 1 is 1.03 bits per heavy atom. The highest BCUT2D eigenvalue weighted by Gasteiger charge is 2.21. The predicted molar refractivity (Wildman–Crippen MR) is 121 cm³/mol. The van der Waals surface area contributed by atoms with Crippen molar-refractivity contribution in [3.63, 3.8) is 0 Å². The van der Waals surface area contributed by atoms with E-state index in [1.165, 1.54) is 4.90 Å². The summed E-state index contributed by atoms with van der Waals surface area (Å²) in [5.74, 6) is 0.920. The number of aromatic nitrogens is 2. The fraction of sp³-hybridized carbons (Fsp3) is 0.522. The topological polar surface area (TPSA) is 61.8 Å². The second kappa shape index (κ2) is 9.00. The van der Waals surface area contributed by atoms with Gasteiger partial charge in [0.1, 0.15) is 11.4 Å². The van der Waals surface area contributed by atoms with Crippen LogP contribution in [-0.2, 0) is 4.74 Å². The molecule has 1 amide bonds. The maximum Gasteiger partial charge on any atom is 0.414 e. The van der Waals surface area contributed by atoms with E-state index >= 15 is 0 Å². The monoisotopic (exact) mass is 411 g/mol. The number of nitrogens with zero attached hydrogens (tertiary/aromatic N) is 5. The second-order valence-corrected chi connectivity index (χ2v) is 8.96.